The number of rotatable bonds is 3. The fourth-order valence-corrected chi connectivity index (χ4v) is 2.11. The molecule has 0 saturated heterocycles. The van der Waals surface area contributed by atoms with Crippen molar-refractivity contribution in [2.75, 3.05) is 10.6 Å². The van der Waals surface area contributed by atoms with Crippen LogP contribution >= 0.6 is 11.3 Å². The average Bonchev–Trinajstić information content (AvgIpc) is 2.86. The van der Waals surface area contributed by atoms with Gasteiger partial charge in [0.25, 0.3) is 5.91 Å². The molecule has 0 aliphatic rings. The van der Waals surface area contributed by atoms with Crippen LogP contribution in [0.2, 0.25) is 0 Å². The van der Waals surface area contributed by atoms with Gasteiger partial charge < -0.3 is 10.6 Å². The van der Waals surface area contributed by atoms with Gasteiger partial charge in [-0.3, -0.25) is 9.59 Å². The summed E-state index contributed by atoms with van der Waals surface area (Å²) >= 11 is 1.31. The van der Waals surface area contributed by atoms with E-state index in [1.54, 1.807) is 17.5 Å². The van der Waals surface area contributed by atoms with Crippen molar-refractivity contribution in [3.63, 3.8) is 0 Å². The Morgan fingerprint density at radius 3 is 2.63 bits per heavy atom. The molecule has 0 saturated carbocycles. The first kappa shape index (κ1) is 13.2. The molecule has 6 heteroatoms. The van der Waals surface area contributed by atoms with E-state index in [0.29, 0.717) is 10.6 Å². The van der Waals surface area contributed by atoms with Gasteiger partial charge in [0.05, 0.1) is 10.6 Å². The standard InChI is InChI=1S/C13H11FN2O2S/c1-8(17)15-11-7-9(4-5-10(11)14)16-13(18)12-3-2-6-19-12/h2-7H,1H3,(H,15,17)(H,16,18). The topological polar surface area (TPSA) is 58.2 Å². The summed E-state index contributed by atoms with van der Waals surface area (Å²) in [5.41, 5.74) is 0.458. The van der Waals surface area contributed by atoms with Gasteiger partial charge >= 0.3 is 0 Å². The Balaban J connectivity index is 2.17. The third-order valence-electron chi connectivity index (χ3n) is 2.28. The van der Waals surface area contributed by atoms with E-state index in [0.717, 1.165) is 0 Å². The molecule has 2 N–H and O–H groups in total. The lowest BCUT2D eigenvalue weighted by atomic mass is 10.2. The molecule has 1 aromatic heterocycles. The van der Waals surface area contributed by atoms with Crippen LogP contribution in [-0.4, -0.2) is 11.8 Å². The molecule has 0 radical (unpaired) electrons. The van der Waals surface area contributed by atoms with Gasteiger partial charge in [-0.05, 0) is 29.6 Å². The first-order valence-electron chi connectivity index (χ1n) is 5.48. The largest absolute Gasteiger partial charge is 0.324 e. The Morgan fingerprint density at radius 1 is 1.21 bits per heavy atom. The van der Waals surface area contributed by atoms with Crippen molar-refractivity contribution in [3.05, 3.63) is 46.4 Å². The molecule has 4 nitrogen and oxygen atoms in total. The van der Waals surface area contributed by atoms with Crippen LogP contribution < -0.4 is 10.6 Å². The number of amides is 2. The van der Waals surface area contributed by atoms with Crippen LogP contribution in [0.1, 0.15) is 16.6 Å². The molecule has 2 amide bonds. The quantitative estimate of drug-likeness (QED) is 0.906. The summed E-state index contributed by atoms with van der Waals surface area (Å²) in [7, 11) is 0. The number of hydrogen-bond acceptors (Lipinski definition) is 3. The van der Waals surface area contributed by atoms with Crippen molar-refractivity contribution >= 4 is 34.5 Å². The fraction of sp³-hybridized carbons (Fsp3) is 0.0769. The molecule has 2 rings (SSSR count). The highest BCUT2D eigenvalue weighted by molar-refractivity contribution is 7.12. The zero-order chi connectivity index (χ0) is 13.8. The van der Waals surface area contributed by atoms with Crippen molar-refractivity contribution in [1.29, 1.82) is 0 Å². The molecule has 0 bridgehead atoms. The minimum atomic E-state index is -0.552. The molecule has 19 heavy (non-hydrogen) atoms. The van der Waals surface area contributed by atoms with Crippen LogP contribution in [0.3, 0.4) is 0 Å². The van der Waals surface area contributed by atoms with Gasteiger partial charge in [0.1, 0.15) is 5.82 Å². The normalized spacial score (nSPS) is 10.0. The number of hydrogen-bond donors (Lipinski definition) is 2. The third kappa shape index (κ3) is 3.38. The Labute approximate surface area is 113 Å². The molecule has 0 atom stereocenters. The minimum Gasteiger partial charge on any atom is -0.324 e. The Bertz CT molecular complexity index is 611. The molecule has 0 spiro atoms. The second-order valence-electron chi connectivity index (χ2n) is 3.81. The van der Waals surface area contributed by atoms with Crippen molar-refractivity contribution in [1.82, 2.24) is 0 Å². The summed E-state index contributed by atoms with van der Waals surface area (Å²) in [6.45, 7) is 1.29. The number of carbonyl (C=O) groups is 2. The highest BCUT2D eigenvalue weighted by Crippen LogP contribution is 2.20. The Morgan fingerprint density at radius 2 is 2.00 bits per heavy atom. The molecule has 2 aromatic rings. The highest BCUT2D eigenvalue weighted by atomic mass is 32.1. The second kappa shape index (κ2) is 5.62. The lowest BCUT2D eigenvalue weighted by Gasteiger charge is -2.08. The van der Waals surface area contributed by atoms with Crippen molar-refractivity contribution < 1.29 is 14.0 Å². The van der Waals surface area contributed by atoms with Gasteiger partial charge in [-0.15, -0.1) is 11.3 Å². The van der Waals surface area contributed by atoms with E-state index < -0.39 is 5.82 Å². The Hall–Kier alpha value is -2.21. The van der Waals surface area contributed by atoms with Crippen LogP contribution in [0.15, 0.2) is 35.7 Å². The van der Waals surface area contributed by atoms with E-state index in [4.69, 9.17) is 0 Å². The minimum absolute atomic E-state index is 0.0384. The molecule has 0 aliphatic carbocycles. The third-order valence-corrected chi connectivity index (χ3v) is 3.15. The van der Waals surface area contributed by atoms with Crippen LogP contribution in [0.5, 0.6) is 0 Å². The first-order chi connectivity index (χ1) is 9.06. The SMILES string of the molecule is CC(=O)Nc1cc(NC(=O)c2cccs2)ccc1F. The maximum absolute atomic E-state index is 13.4. The Kier molecular flexibility index (Phi) is 3.91. The predicted molar refractivity (Wildman–Crippen MR) is 73.0 cm³/mol. The number of carbonyl (C=O) groups excluding carboxylic acids is 2. The highest BCUT2D eigenvalue weighted by Gasteiger charge is 2.09. The number of anilines is 2. The van der Waals surface area contributed by atoms with Crippen LogP contribution in [0.25, 0.3) is 0 Å². The summed E-state index contributed by atoms with van der Waals surface area (Å²) in [5.74, 6) is -1.19. The maximum atomic E-state index is 13.4. The van der Waals surface area contributed by atoms with E-state index >= 15 is 0 Å². The van der Waals surface area contributed by atoms with Crippen molar-refractivity contribution in [3.8, 4) is 0 Å². The van der Waals surface area contributed by atoms with Gasteiger partial charge in [0.2, 0.25) is 5.91 Å². The van der Waals surface area contributed by atoms with Crippen LogP contribution in [0, 0.1) is 5.82 Å². The number of benzene rings is 1. The maximum Gasteiger partial charge on any atom is 0.265 e. The summed E-state index contributed by atoms with van der Waals surface area (Å²) in [5, 5.41) is 6.79. The van der Waals surface area contributed by atoms with Crippen LogP contribution in [0.4, 0.5) is 15.8 Å². The predicted octanol–water partition coefficient (Wildman–Crippen LogP) is 3.10. The fourth-order valence-electron chi connectivity index (χ4n) is 1.49. The van der Waals surface area contributed by atoms with Crippen molar-refractivity contribution in [2.45, 2.75) is 6.92 Å². The van der Waals surface area contributed by atoms with Gasteiger partial charge in [-0.2, -0.15) is 0 Å². The summed E-state index contributed by atoms with van der Waals surface area (Å²) in [4.78, 5) is 23.3. The lowest BCUT2D eigenvalue weighted by Crippen LogP contribution is -2.12. The zero-order valence-electron chi connectivity index (χ0n) is 10.1. The first-order valence-corrected chi connectivity index (χ1v) is 6.36. The van der Waals surface area contributed by atoms with Gasteiger partial charge in [-0.1, -0.05) is 6.07 Å². The molecule has 0 unspecified atom stereocenters. The van der Waals surface area contributed by atoms with E-state index in [1.807, 2.05) is 0 Å². The summed E-state index contributed by atoms with van der Waals surface area (Å²) in [6, 6.07) is 7.47. The monoisotopic (exact) mass is 278 g/mol. The van der Waals surface area contributed by atoms with Crippen molar-refractivity contribution in [2.24, 2.45) is 0 Å². The van der Waals surface area contributed by atoms with Gasteiger partial charge in [-0.25, -0.2) is 4.39 Å². The van der Waals surface area contributed by atoms with Gasteiger partial charge in [0.15, 0.2) is 0 Å². The van der Waals surface area contributed by atoms with Crippen LogP contribution in [-0.2, 0) is 4.79 Å². The molecule has 0 aliphatic heterocycles. The number of thiophene rings is 1. The lowest BCUT2D eigenvalue weighted by molar-refractivity contribution is -0.114. The number of halogens is 1. The summed E-state index contributed by atoms with van der Waals surface area (Å²) < 4.78 is 13.4. The summed E-state index contributed by atoms with van der Waals surface area (Å²) in [6.07, 6.45) is 0. The molecular formula is C13H11FN2O2S. The zero-order valence-corrected chi connectivity index (χ0v) is 10.9. The van der Waals surface area contributed by atoms with E-state index in [-0.39, 0.29) is 17.5 Å². The second-order valence-corrected chi connectivity index (χ2v) is 4.75. The number of nitrogens with one attached hydrogen (secondary N) is 2. The van der Waals surface area contributed by atoms with E-state index in [9.17, 15) is 14.0 Å². The molecular weight excluding hydrogens is 267 g/mol. The van der Waals surface area contributed by atoms with Gasteiger partial charge in [0, 0.05) is 12.6 Å². The molecule has 1 aromatic carbocycles. The molecule has 98 valence electrons. The molecule has 0 fully saturated rings. The smallest absolute Gasteiger partial charge is 0.265 e. The van der Waals surface area contributed by atoms with E-state index in [1.165, 1.54) is 36.5 Å². The average molecular weight is 278 g/mol. The van der Waals surface area contributed by atoms with E-state index in [2.05, 4.69) is 10.6 Å². The molecule has 1 heterocycles.